The first kappa shape index (κ1) is 18.4. The van der Waals surface area contributed by atoms with Crippen molar-refractivity contribution in [2.75, 3.05) is 0 Å². The quantitative estimate of drug-likeness (QED) is 0.471. The van der Waals surface area contributed by atoms with E-state index in [0.717, 1.165) is 19.3 Å². The molecule has 2 nitrogen and oxygen atoms in total. The van der Waals surface area contributed by atoms with Gasteiger partial charge in [-0.05, 0) is 43.0 Å². The van der Waals surface area contributed by atoms with E-state index in [0.29, 0.717) is 6.61 Å². The average Bonchev–Trinajstić information content (AvgIpc) is 2.45. The normalized spacial score (nSPS) is 25.0. The molecule has 0 heterocycles. The Morgan fingerprint density at radius 3 is 2.39 bits per heavy atom. The number of hydrogen-bond acceptors (Lipinski definition) is 2. The predicted molar refractivity (Wildman–Crippen MR) is 100 cm³/mol. The molecule has 2 rings (SSSR count). The Labute approximate surface area is 143 Å². The SMILES string of the molecule is C=CCC1(O[Si](C)(C)C(C)(C)C)CCC1OCc1ccccc1. The van der Waals surface area contributed by atoms with Gasteiger partial charge < -0.3 is 9.16 Å². The van der Waals surface area contributed by atoms with Crippen LogP contribution in [0.15, 0.2) is 43.0 Å². The van der Waals surface area contributed by atoms with Gasteiger partial charge >= 0.3 is 0 Å². The lowest BCUT2D eigenvalue weighted by molar-refractivity contribution is -0.166. The standard InChI is InChI=1S/C20H32O2Si/c1-7-14-20(22-23(5,6)19(2,3)4)15-13-18(20)21-16-17-11-9-8-10-12-17/h7-12,18H,1,13-16H2,2-6H3. The second-order valence-electron chi connectivity index (χ2n) is 8.24. The average molecular weight is 333 g/mol. The Balaban J connectivity index is 2.06. The molecular formula is C20H32O2Si. The molecule has 3 heteroatoms. The summed E-state index contributed by atoms with van der Waals surface area (Å²) in [6.07, 6.45) is 5.19. The van der Waals surface area contributed by atoms with Crippen molar-refractivity contribution in [3.8, 4) is 0 Å². The van der Waals surface area contributed by atoms with E-state index in [4.69, 9.17) is 9.16 Å². The summed E-state index contributed by atoms with van der Waals surface area (Å²) in [5, 5.41) is 0.209. The molecule has 2 unspecified atom stereocenters. The summed E-state index contributed by atoms with van der Waals surface area (Å²) in [4.78, 5) is 0. The Morgan fingerprint density at radius 2 is 1.91 bits per heavy atom. The lowest BCUT2D eigenvalue weighted by Crippen LogP contribution is -2.61. The van der Waals surface area contributed by atoms with Gasteiger partial charge in [-0.2, -0.15) is 0 Å². The maximum absolute atomic E-state index is 6.81. The summed E-state index contributed by atoms with van der Waals surface area (Å²) in [6.45, 7) is 16.1. The van der Waals surface area contributed by atoms with Gasteiger partial charge in [-0.25, -0.2) is 0 Å². The van der Waals surface area contributed by atoms with Gasteiger partial charge in [-0.3, -0.25) is 0 Å². The summed E-state index contributed by atoms with van der Waals surface area (Å²) in [6, 6.07) is 10.4. The van der Waals surface area contributed by atoms with Crippen LogP contribution in [0.5, 0.6) is 0 Å². The maximum Gasteiger partial charge on any atom is 0.192 e. The second-order valence-corrected chi connectivity index (χ2v) is 13.0. The molecule has 1 aromatic carbocycles. The Kier molecular flexibility index (Phi) is 5.54. The van der Waals surface area contributed by atoms with Gasteiger partial charge in [-0.15, -0.1) is 6.58 Å². The van der Waals surface area contributed by atoms with E-state index >= 15 is 0 Å². The van der Waals surface area contributed by atoms with Crippen LogP contribution in [0.4, 0.5) is 0 Å². The van der Waals surface area contributed by atoms with E-state index in [2.05, 4.69) is 64.7 Å². The van der Waals surface area contributed by atoms with Crippen LogP contribution in [0.2, 0.25) is 18.1 Å². The molecule has 1 aliphatic rings. The number of ether oxygens (including phenoxy) is 1. The fraction of sp³-hybridized carbons (Fsp3) is 0.600. The highest BCUT2D eigenvalue weighted by molar-refractivity contribution is 6.74. The van der Waals surface area contributed by atoms with Crippen LogP contribution in [0, 0.1) is 0 Å². The summed E-state index contributed by atoms with van der Waals surface area (Å²) in [7, 11) is -1.83. The van der Waals surface area contributed by atoms with Crippen molar-refractivity contribution in [3.05, 3.63) is 48.6 Å². The molecule has 0 amide bonds. The molecule has 0 aromatic heterocycles. The number of benzene rings is 1. The minimum Gasteiger partial charge on any atom is -0.408 e. The van der Waals surface area contributed by atoms with Crippen LogP contribution in [0.25, 0.3) is 0 Å². The molecule has 0 spiro atoms. The van der Waals surface area contributed by atoms with Crippen LogP contribution in [0.1, 0.15) is 45.6 Å². The van der Waals surface area contributed by atoms with E-state index in [1.165, 1.54) is 5.56 Å². The third-order valence-electron chi connectivity index (χ3n) is 5.46. The zero-order valence-corrected chi connectivity index (χ0v) is 16.4. The summed E-state index contributed by atoms with van der Waals surface area (Å²) >= 11 is 0. The van der Waals surface area contributed by atoms with Crippen LogP contribution in [-0.4, -0.2) is 20.0 Å². The Hall–Kier alpha value is -0.903. The minimum atomic E-state index is -1.83. The van der Waals surface area contributed by atoms with E-state index in [-0.39, 0.29) is 16.7 Å². The molecule has 1 aliphatic carbocycles. The molecule has 0 bridgehead atoms. The molecule has 0 saturated heterocycles. The third-order valence-corrected chi connectivity index (χ3v) is 9.99. The van der Waals surface area contributed by atoms with Crippen molar-refractivity contribution in [2.45, 2.75) is 76.5 Å². The van der Waals surface area contributed by atoms with Crippen molar-refractivity contribution in [2.24, 2.45) is 0 Å². The van der Waals surface area contributed by atoms with Crippen molar-refractivity contribution < 1.29 is 9.16 Å². The molecule has 0 radical (unpaired) electrons. The molecule has 2 atom stereocenters. The number of hydrogen-bond donors (Lipinski definition) is 0. The first-order chi connectivity index (χ1) is 10.7. The summed E-state index contributed by atoms with van der Waals surface area (Å²) in [5.41, 5.74) is 1.05. The lowest BCUT2D eigenvalue weighted by atomic mass is 9.74. The first-order valence-corrected chi connectivity index (χ1v) is 11.6. The Bertz CT molecular complexity index is 518. The molecule has 0 aliphatic heterocycles. The summed E-state index contributed by atoms with van der Waals surface area (Å²) < 4.78 is 13.1. The third kappa shape index (κ3) is 4.14. The largest absolute Gasteiger partial charge is 0.408 e. The lowest BCUT2D eigenvalue weighted by Gasteiger charge is -2.54. The van der Waals surface area contributed by atoms with E-state index in [1.807, 2.05) is 12.1 Å². The van der Waals surface area contributed by atoms with Gasteiger partial charge in [0.15, 0.2) is 8.32 Å². The van der Waals surface area contributed by atoms with Gasteiger partial charge in [0.05, 0.1) is 18.3 Å². The van der Waals surface area contributed by atoms with Crippen LogP contribution in [-0.2, 0) is 15.8 Å². The van der Waals surface area contributed by atoms with Crippen molar-refractivity contribution in [3.63, 3.8) is 0 Å². The van der Waals surface area contributed by atoms with E-state index < -0.39 is 8.32 Å². The molecule has 128 valence electrons. The van der Waals surface area contributed by atoms with Crippen molar-refractivity contribution >= 4 is 8.32 Å². The maximum atomic E-state index is 6.81. The molecule has 1 aromatic rings. The highest BCUT2D eigenvalue weighted by Gasteiger charge is 2.53. The predicted octanol–water partition coefficient (Wildman–Crippen LogP) is 5.70. The minimum absolute atomic E-state index is 0.167. The van der Waals surface area contributed by atoms with Gasteiger partial charge in [0.25, 0.3) is 0 Å². The van der Waals surface area contributed by atoms with Gasteiger partial charge in [0.1, 0.15) is 0 Å². The Morgan fingerprint density at radius 1 is 1.26 bits per heavy atom. The van der Waals surface area contributed by atoms with Crippen molar-refractivity contribution in [1.82, 2.24) is 0 Å². The first-order valence-electron chi connectivity index (χ1n) is 8.67. The monoisotopic (exact) mass is 332 g/mol. The molecule has 23 heavy (non-hydrogen) atoms. The second kappa shape index (κ2) is 6.92. The van der Waals surface area contributed by atoms with Gasteiger partial charge in [0.2, 0.25) is 0 Å². The number of rotatable bonds is 7. The fourth-order valence-corrected chi connectivity index (χ4v) is 4.53. The fourth-order valence-electron chi connectivity index (χ4n) is 2.89. The highest BCUT2D eigenvalue weighted by atomic mass is 28.4. The summed E-state index contributed by atoms with van der Waals surface area (Å²) in [5.74, 6) is 0. The molecule has 1 saturated carbocycles. The molecular weight excluding hydrogens is 300 g/mol. The van der Waals surface area contributed by atoms with Crippen molar-refractivity contribution in [1.29, 1.82) is 0 Å². The molecule has 0 N–H and O–H groups in total. The van der Waals surface area contributed by atoms with E-state index in [9.17, 15) is 0 Å². The van der Waals surface area contributed by atoms with Crippen LogP contribution >= 0.6 is 0 Å². The van der Waals surface area contributed by atoms with Gasteiger partial charge in [0, 0.05) is 0 Å². The van der Waals surface area contributed by atoms with E-state index in [1.54, 1.807) is 0 Å². The molecule has 1 fully saturated rings. The highest BCUT2D eigenvalue weighted by Crippen LogP contribution is 2.48. The topological polar surface area (TPSA) is 18.5 Å². The zero-order chi connectivity index (χ0) is 17.1. The van der Waals surface area contributed by atoms with Crippen LogP contribution < -0.4 is 0 Å². The zero-order valence-electron chi connectivity index (χ0n) is 15.4. The van der Waals surface area contributed by atoms with Crippen LogP contribution in [0.3, 0.4) is 0 Å². The smallest absolute Gasteiger partial charge is 0.192 e. The van der Waals surface area contributed by atoms with Gasteiger partial charge in [-0.1, -0.05) is 57.2 Å².